The fraction of sp³-hybridized carbons (Fsp3) is 0.538. The van der Waals surface area contributed by atoms with E-state index in [4.69, 9.17) is 4.74 Å². The van der Waals surface area contributed by atoms with Crippen molar-refractivity contribution in [2.45, 2.75) is 69.7 Å². The standard InChI is InChI=1S/C26H33N5O3/c1-2-18-9-11-22(31-30-18)29-23(17-6-4-3-5-7-17)24(32)27-19-8-10-20-21(16-19)28-25(33)26(20)12-14-34-15-13-26/h8-11,16-17,23H,2-7,12-15H2,1H3,(H,27,32)(H,28,33)(H,29,31). The van der Waals surface area contributed by atoms with Gasteiger partial charge in [0.1, 0.15) is 11.9 Å². The summed E-state index contributed by atoms with van der Waals surface area (Å²) in [4.78, 5) is 26.3. The molecule has 1 saturated carbocycles. The summed E-state index contributed by atoms with van der Waals surface area (Å²) in [6.45, 7) is 3.21. The summed E-state index contributed by atoms with van der Waals surface area (Å²) in [7, 11) is 0. The minimum atomic E-state index is -0.508. The Morgan fingerprint density at radius 2 is 1.94 bits per heavy atom. The van der Waals surface area contributed by atoms with Gasteiger partial charge in [0.05, 0.1) is 11.1 Å². The highest BCUT2D eigenvalue weighted by Gasteiger charge is 2.47. The monoisotopic (exact) mass is 463 g/mol. The Labute approximate surface area is 200 Å². The third kappa shape index (κ3) is 4.39. The second-order valence-electron chi connectivity index (χ2n) is 9.68. The van der Waals surface area contributed by atoms with Crippen LogP contribution in [0.1, 0.15) is 63.1 Å². The van der Waals surface area contributed by atoms with Gasteiger partial charge in [-0.2, -0.15) is 5.10 Å². The van der Waals surface area contributed by atoms with Crippen molar-refractivity contribution >= 4 is 29.0 Å². The summed E-state index contributed by atoms with van der Waals surface area (Å²) in [5.41, 5.74) is 2.89. The Morgan fingerprint density at radius 1 is 1.15 bits per heavy atom. The number of anilines is 3. The van der Waals surface area contributed by atoms with Crippen LogP contribution in [0.15, 0.2) is 30.3 Å². The van der Waals surface area contributed by atoms with Gasteiger partial charge in [-0.3, -0.25) is 9.59 Å². The van der Waals surface area contributed by atoms with Crippen LogP contribution in [0.5, 0.6) is 0 Å². The second kappa shape index (κ2) is 9.70. The van der Waals surface area contributed by atoms with E-state index in [0.29, 0.717) is 37.6 Å². The topological polar surface area (TPSA) is 105 Å². The van der Waals surface area contributed by atoms with Gasteiger partial charge in [0, 0.05) is 24.6 Å². The largest absolute Gasteiger partial charge is 0.381 e. The van der Waals surface area contributed by atoms with E-state index in [2.05, 4.69) is 26.1 Å². The van der Waals surface area contributed by atoms with Crippen molar-refractivity contribution in [2.75, 3.05) is 29.2 Å². The zero-order valence-electron chi connectivity index (χ0n) is 19.7. The van der Waals surface area contributed by atoms with Crippen molar-refractivity contribution in [3.05, 3.63) is 41.6 Å². The molecule has 8 nitrogen and oxygen atoms in total. The van der Waals surface area contributed by atoms with Gasteiger partial charge in [-0.1, -0.05) is 32.3 Å². The molecule has 1 aromatic heterocycles. The second-order valence-corrected chi connectivity index (χ2v) is 9.68. The highest BCUT2D eigenvalue weighted by molar-refractivity contribution is 6.07. The van der Waals surface area contributed by atoms with Gasteiger partial charge < -0.3 is 20.7 Å². The lowest BCUT2D eigenvalue weighted by Gasteiger charge is -2.31. The predicted molar refractivity (Wildman–Crippen MR) is 131 cm³/mol. The number of amides is 2. The fourth-order valence-corrected chi connectivity index (χ4v) is 5.59. The van der Waals surface area contributed by atoms with Crippen LogP contribution in [-0.2, 0) is 26.2 Å². The first-order valence-corrected chi connectivity index (χ1v) is 12.5. The van der Waals surface area contributed by atoms with Gasteiger partial charge in [0.25, 0.3) is 0 Å². The molecule has 3 aliphatic rings. The average Bonchev–Trinajstić information content (AvgIpc) is 3.13. The van der Waals surface area contributed by atoms with E-state index >= 15 is 0 Å². The molecular weight excluding hydrogens is 430 g/mol. The van der Waals surface area contributed by atoms with E-state index < -0.39 is 11.5 Å². The lowest BCUT2D eigenvalue weighted by molar-refractivity contribution is -0.124. The van der Waals surface area contributed by atoms with Crippen molar-refractivity contribution < 1.29 is 14.3 Å². The third-order valence-electron chi connectivity index (χ3n) is 7.62. The smallest absolute Gasteiger partial charge is 0.247 e. The Kier molecular flexibility index (Phi) is 6.50. The maximum absolute atomic E-state index is 13.5. The molecule has 180 valence electrons. The van der Waals surface area contributed by atoms with Crippen LogP contribution in [0.4, 0.5) is 17.2 Å². The van der Waals surface area contributed by atoms with Crippen LogP contribution in [-0.4, -0.2) is 41.3 Å². The van der Waals surface area contributed by atoms with Crippen LogP contribution in [0.3, 0.4) is 0 Å². The predicted octanol–water partition coefficient (Wildman–Crippen LogP) is 4.04. The Hall–Kier alpha value is -3.00. The molecule has 3 N–H and O–H groups in total. The number of benzene rings is 1. The molecule has 34 heavy (non-hydrogen) atoms. The number of nitrogens with one attached hydrogen (secondary N) is 3. The minimum Gasteiger partial charge on any atom is -0.381 e. The number of rotatable bonds is 6. The summed E-state index contributed by atoms with van der Waals surface area (Å²) in [6, 6.07) is 9.21. The first-order chi connectivity index (χ1) is 16.6. The molecule has 3 heterocycles. The van der Waals surface area contributed by atoms with Crippen LogP contribution in [0, 0.1) is 5.92 Å². The van der Waals surface area contributed by atoms with Crippen molar-refractivity contribution in [1.29, 1.82) is 0 Å². The number of nitrogens with zero attached hydrogens (tertiary/aromatic N) is 2. The number of hydrogen-bond donors (Lipinski definition) is 3. The lowest BCUT2D eigenvalue weighted by Crippen LogP contribution is -2.42. The lowest BCUT2D eigenvalue weighted by atomic mass is 9.75. The molecule has 1 aromatic carbocycles. The molecule has 2 amide bonds. The van der Waals surface area contributed by atoms with Crippen LogP contribution < -0.4 is 16.0 Å². The number of aryl methyl sites for hydroxylation is 1. The van der Waals surface area contributed by atoms with Gasteiger partial charge in [-0.25, -0.2) is 0 Å². The van der Waals surface area contributed by atoms with E-state index in [1.807, 2.05) is 37.3 Å². The van der Waals surface area contributed by atoms with Crippen molar-refractivity contribution in [3.8, 4) is 0 Å². The molecule has 8 heteroatoms. The summed E-state index contributed by atoms with van der Waals surface area (Å²) < 4.78 is 5.49. The van der Waals surface area contributed by atoms with Crippen molar-refractivity contribution in [3.63, 3.8) is 0 Å². The number of fused-ring (bicyclic) bond motifs is 2. The van der Waals surface area contributed by atoms with E-state index in [1.165, 1.54) is 6.42 Å². The molecular formula is C26H33N5O3. The molecule has 1 aliphatic carbocycles. The van der Waals surface area contributed by atoms with Gasteiger partial charge >= 0.3 is 0 Å². The SMILES string of the molecule is CCc1ccc(NC(C(=O)Nc2ccc3c(c2)NC(=O)C32CCOCC2)C2CCCCC2)nn1. The first kappa shape index (κ1) is 22.8. The van der Waals surface area contributed by atoms with Crippen LogP contribution in [0.25, 0.3) is 0 Å². The molecule has 5 rings (SSSR count). The Balaban J connectivity index is 1.34. The Morgan fingerprint density at radius 3 is 2.65 bits per heavy atom. The van der Waals surface area contributed by atoms with Gasteiger partial charge in [-0.05, 0) is 67.9 Å². The maximum Gasteiger partial charge on any atom is 0.247 e. The molecule has 1 spiro atoms. The van der Waals surface area contributed by atoms with E-state index in [0.717, 1.165) is 49.0 Å². The first-order valence-electron chi connectivity index (χ1n) is 12.5. The molecule has 1 atom stereocenters. The van der Waals surface area contributed by atoms with Gasteiger partial charge in [-0.15, -0.1) is 5.10 Å². The summed E-state index contributed by atoms with van der Waals surface area (Å²) >= 11 is 0. The van der Waals surface area contributed by atoms with Gasteiger partial charge in [0.15, 0.2) is 0 Å². The molecule has 0 radical (unpaired) electrons. The highest BCUT2D eigenvalue weighted by Crippen LogP contribution is 2.45. The number of hydrogen-bond acceptors (Lipinski definition) is 6. The zero-order chi connectivity index (χ0) is 23.5. The molecule has 1 saturated heterocycles. The van der Waals surface area contributed by atoms with Crippen LogP contribution >= 0.6 is 0 Å². The quantitative estimate of drug-likeness (QED) is 0.597. The summed E-state index contributed by atoms with van der Waals surface area (Å²) in [5.74, 6) is 0.801. The maximum atomic E-state index is 13.5. The minimum absolute atomic E-state index is 0.0325. The molecule has 2 aromatic rings. The third-order valence-corrected chi connectivity index (χ3v) is 7.62. The number of aromatic nitrogens is 2. The van der Waals surface area contributed by atoms with Crippen molar-refractivity contribution in [1.82, 2.24) is 10.2 Å². The number of ether oxygens (including phenoxy) is 1. The summed E-state index contributed by atoms with van der Waals surface area (Å²) in [5, 5.41) is 18.0. The highest BCUT2D eigenvalue weighted by atomic mass is 16.5. The molecule has 2 fully saturated rings. The van der Waals surface area contributed by atoms with E-state index in [-0.39, 0.29) is 17.7 Å². The van der Waals surface area contributed by atoms with E-state index in [9.17, 15) is 9.59 Å². The van der Waals surface area contributed by atoms with Gasteiger partial charge in [0.2, 0.25) is 11.8 Å². The normalized spacial score (nSPS) is 20.4. The van der Waals surface area contributed by atoms with Crippen LogP contribution in [0.2, 0.25) is 0 Å². The fourth-order valence-electron chi connectivity index (χ4n) is 5.59. The molecule has 2 aliphatic heterocycles. The zero-order valence-corrected chi connectivity index (χ0v) is 19.7. The number of carbonyl (C=O) groups is 2. The summed E-state index contributed by atoms with van der Waals surface area (Å²) in [6.07, 6.45) is 7.69. The molecule has 1 unspecified atom stereocenters. The Bertz CT molecular complexity index is 1040. The van der Waals surface area contributed by atoms with Crippen molar-refractivity contribution in [2.24, 2.45) is 5.92 Å². The number of carbonyl (C=O) groups excluding carboxylic acids is 2. The average molecular weight is 464 g/mol. The van der Waals surface area contributed by atoms with E-state index in [1.54, 1.807) is 0 Å². The molecule has 0 bridgehead atoms.